The largest absolute Gasteiger partial charge is 0.383 e. The van der Waals surface area contributed by atoms with Gasteiger partial charge < -0.3 is 5.73 Å². The highest BCUT2D eigenvalue weighted by Crippen LogP contribution is 2.23. The topological polar surface area (TPSA) is 51.3 Å². The van der Waals surface area contributed by atoms with E-state index >= 15 is 0 Å². The maximum atomic E-state index is 5.90. The average molecular weight is 189 g/mol. The molecule has 0 saturated heterocycles. The van der Waals surface area contributed by atoms with E-state index in [0.29, 0.717) is 11.9 Å². The molecule has 0 aliphatic heterocycles. The molecule has 2 rings (SSSR count). The fourth-order valence-corrected chi connectivity index (χ4v) is 1.46. The van der Waals surface area contributed by atoms with Crippen LogP contribution in [0.2, 0.25) is 0 Å². The molecule has 0 unspecified atom stereocenters. The molecule has 1 aromatic rings. The molecule has 1 heterocycles. The quantitative estimate of drug-likeness (QED) is 0.567. The maximum Gasteiger partial charge on any atom is 0.126 e. The Hall–Kier alpha value is -1.38. The van der Waals surface area contributed by atoms with Crippen LogP contribution in [0, 0.1) is 13.8 Å². The number of hydrogen-bond acceptors (Lipinski definition) is 2. The zero-order chi connectivity index (χ0) is 10.1. The number of pyridine rings is 1. The first-order chi connectivity index (χ1) is 6.65. The lowest BCUT2D eigenvalue weighted by Crippen LogP contribution is -2.15. The van der Waals surface area contributed by atoms with Crippen LogP contribution in [0.4, 0.5) is 0 Å². The van der Waals surface area contributed by atoms with Crippen LogP contribution in [0.5, 0.6) is 0 Å². The van der Waals surface area contributed by atoms with E-state index in [4.69, 9.17) is 5.73 Å². The molecule has 1 aliphatic rings. The molecule has 0 spiro atoms. The summed E-state index contributed by atoms with van der Waals surface area (Å²) in [6.07, 6.45) is 2.37. The molecule has 74 valence electrons. The molecular formula is C11H15N3. The fraction of sp³-hybridized carbons (Fsp3) is 0.455. The van der Waals surface area contributed by atoms with E-state index in [1.54, 1.807) is 0 Å². The number of amidine groups is 1. The lowest BCUT2D eigenvalue weighted by atomic mass is 10.2. The van der Waals surface area contributed by atoms with Crippen LogP contribution in [-0.4, -0.2) is 16.9 Å². The van der Waals surface area contributed by atoms with Crippen molar-refractivity contribution in [1.82, 2.24) is 4.98 Å². The lowest BCUT2D eigenvalue weighted by Gasteiger charge is -2.03. The van der Waals surface area contributed by atoms with E-state index in [0.717, 1.165) is 17.0 Å². The van der Waals surface area contributed by atoms with Gasteiger partial charge in [-0.1, -0.05) is 0 Å². The molecule has 2 N–H and O–H groups in total. The molecule has 3 heteroatoms. The molecule has 3 nitrogen and oxygen atoms in total. The van der Waals surface area contributed by atoms with Gasteiger partial charge in [0.1, 0.15) is 5.84 Å². The van der Waals surface area contributed by atoms with Crippen LogP contribution >= 0.6 is 0 Å². The van der Waals surface area contributed by atoms with Crippen LogP contribution < -0.4 is 5.73 Å². The number of hydrogen-bond donors (Lipinski definition) is 1. The normalized spacial score (nSPS) is 17.1. The number of nitrogens with two attached hydrogens (primary N) is 1. The highest BCUT2D eigenvalue weighted by atomic mass is 14.9. The smallest absolute Gasteiger partial charge is 0.126 e. The van der Waals surface area contributed by atoms with Crippen LogP contribution in [0.3, 0.4) is 0 Å². The van der Waals surface area contributed by atoms with Gasteiger partial charge >= 0.3 is 0 Å². The summed E-state index contributed by atoms with van der Waals surface area (Å²) in [5.74, 6) is 0.654. The summed E-state index contributed by atoms with van der Waals surface area (Å²) in [4.78, 5) is 8.71. The van der Waals surface area contributed by atoms with Gasteiger partial charge in [0.25, 0.3) is 0 Å². The van der Waals surface area contributed by atoms with E-state index in [9.17, 15) is 0 Å². The lowest BCUT2D eigenvalue weighted by molar-refractivity contribution is 1.05. The summed E-state index contributed by atoms with van der Waals surface area (Å²) in [6.45, 7) is 3.95. The SMILES string of the molecule is Cc1cc(C(N)=NC2CC2)cc(C)n1. The van der Waals surface area contributed by atoms with Crippen LogP contribution in [0.25, 0.3) is 0 Å². The van der Waals surface area contributed by atoms with Crippen molar-refractivity contribution in [3.63, 3.8) is 0 Å². The number of aromatic nitrogens is 1. The van der Waals surface area contributed by atoms with Crippen LogP contribution in [0.1, 0.15) is 29.8 Å². The van der Waals surface area contributed by atoms with Crippen molar-refractivity contribution in [3.05, 3.63) is 29.1 Å². The molecule has 0 bridgehead atoms. The molecular weight excluding hydrogens is 174 g/mol. The van der Waals surface area contributed by atoms with Crippen LogP contribution in [0.15, 0.2) is 17.1 Å². The summed E-state index contributed by atoms with van der Waals surface area (Å²) < 4.78 is 0. The highest BCUT2D eigenvalue weighted by molar-refractivity contribution is 5.97. The zero-order valence-corrected chi connectivity index (χ0v) is 8.62. The van der Waals surface area contributed by atoms with Gasteiger partial charge in [-0.25, -0.2) is 0 Å². The van der Waals surface area contributed by atoms with Crippen molar-refractivity contribution in [1.29, 1.82) is 0 Å². The van der Waals surface area contributed by atoms with Crippen molar-refractivity contribution in [3.8, 4) is 0 Å². The minimum atomic E-state index is 0.476. The summed E-state index contributed by atoms with van der Waals surface area (Å²) in [6, 6.07) is 4.44. The summed E-state index contributed by atoms with van der Waals surface area (Å²) >= 11 is 0. The summed E-state index contributed by atoms with van der Waals surface area (Å²) in [5, 5.41) is 0. The van der Waals surface area contributed by atoms with E-state index in [2.05, 4.69) is 9.98 Å². The Morgan fingerprint density at radius 2 is 1.93 bits per heavy atom. The molecule has 0 amide bonds. The van der Waals surface area contributed by atoms with Crippen molar-refractivity contribution in [2.45, 2.75) is 32.7 Å². The Morgan fingerprint density at radius 1 is 1.36 bits per heavy atom. The second kappa shape index (κ2) is 3.40. The number of aryl methyl sites for hydroxylation is 2. The molecule has 14 heavy (non-hydrogen) atoms. The Morgan fingerprint density at radius 3 is 2.43 bits per heavy atom. The standard InChI is InChI=1S/C11H15N3/c1-7-5-9(6-8(2)13-7)11(12)14-10-3-4-10/h5-6,10H,3-4H2,1-2H3,(H2,12,14). The van der Waals surface area contributed by atoms with E-state index < -0.39 is 0 Å². The Labute approximate surface area is 84.1 Å². The highest BCUT2D eigenvalue weighted by Gasteiger charge is 2.20. The molecule has 0 aromatic carbocycles. The van der Waals surface area contributed by atoms with Gasteiger partial charge in [-0.15, -0.1) is 0 Å². The van der Waals surface area contributed by atoms with Gasteiger partial charge in [0.2, 0.25) is 0 Å². The van der Waals surface area contributed by atoms with Gasteiger partial charge in [-0.2, -0.15) is 0 Å². The van der Waals surface area contributed by atoms with Gasteiger partial charge in [-0.3, -0.25) is 9.98 Å². The number of aliphatic imine (C=N–C) groups is 1. The Balaban J connectivity index is 2.30. The van der Waals surface area contributed by atoms with Gasteiger partial charge in [0, 0.05) is 17.0 Å². The first-order valence-corrected chi connectivity index (χ1v) is 4.94. The second-order valence-electron chi connectivity index (χ2n) is 3.88. The predicted octanol–water partition coefficient (Wildman–Crippen LogP) is 1.57. The third kappa shape index (κ3) is 2.10. The molecule has 1 saturated carbocycles. The van der Waals surface area contributed by atoms with E-state index in [-0.39, 0.29) is 0 Å². The summed E-state index contributed by atoms with van der Waals surface area (Å²) in [5.41, 5.74) is 8.89. The zero-order valence-electron chi connectivity index (χ0n) is 8.62. The van der Waals surface area contributed by atoms with Crippen molar-refractivity contribution in [2.75, 3.05) is 0 Å². The number of rotatable bonds is 2. The maximum absolute atomic E-state index is 5.90. The molecule has 0 atom stereocenters. The summed E-state index contributed by atoms with van der Waals surface area (Å²) in [7, 11) is 0. The van der Waals surface area contributed by atoms with Crippen LogP contribution in [-0.2, 0) is 0 Å². The van der Waals surface area contributed by atoms with E-state index in [1.807, 2.05) is 26.0 Å². The predicted molar refractivity (Wildman–Crippen MR) is 57.5 cm³/mol. The third-order valence-corrected chi connectivity index (χ3v) is 2.25. The number of nitrogens with zero attached hydrogens (tertiary/aromatic N) is 2. The first-order valence-electron chi connectivity index (χ1n) is 4.94. The second-order valence-corrected chi connectivity index (χ2v) is 3.88. The Kier molecular flexibility index (Phi) is 2.23. The molecule has 1 aliphatic carbocycles. The molecule has 1 fully saturated rings. The minimum Gasteiger partial charge on any atom is -0.383 e. The fourth-order valence-electron chi connectivity index (χ4n) is 1.46. The average Bonchev–Trinajstić information content (AvgIpc) is 2.86. The van der Waals surface area contributed by atoms with Crippen molar-refractivity contribution >= 4 is 5.84 Å². The van der Waals surface area contributed by atoms with Crippen molar-refractivity contribution in [2.24, 2.45) is 10.7 Å². The van der Waals surface area contributed by atoms with Gasteiger partial charge in [0.15, 0.2) is 0 Å². The minimum absolute atomic E-state index is 0.476. The Bertz CT molecular complexity index is 358. The van der Waals surface area contributed by atoms with Crippen molar-refractivity contribution < 1.29 is 0 Å². The van der Waals surface area contributed by atoms with E-state index in [1.165, 1.54) is 12.8 Å². The monoisotopic (exact) mass is 189 g/mol. The van der Waals surface area contributed by atoms with Gasteiger partial charge in [-0.05, 0) is 38.8 Å². The van der Waals surface area contributed by atoms with Gasteiger partial charge in [0.05, 0.1) is 6.04 Å². The third-order valence-electron chi connectivity index (χ3n) is 2.25. The molecule has 1 aromatic heterocycles. The first kappa shape index (κ1) is 9.19. The molecule has 0 radical (unpaired) electrons.